The zero-order chi connectivity index (χ0) is 14.5. The van der Waals surface area contributed by atoms with Gasteiger partial charge >= 0.3 is 0 Å². The maximum Gasteiger partial charge on any atom is 0.0914 e. The third kappa shape index (κ3) is 3.83. The minimum atomic E-state index is -0.428. The largest absolute Gasteiger partial charge is 0.387 e. The van der Waals surface area contributed by atoms with Crippen LogP contribution in [-0.2, 0) is 4.74 Å². The van der Waals surface area contributed by atoms with E-state index in [1.54, 1.807) is 0 Å². The summed E-state index contributed by atoms with van der Waals surface area (Å²) in [7, 11) is 0. The van der Waals surface area contributed by atoms with E-state index in [9.17, 15) is 5.11 Å². The van der Waals surface area contributed by atoms with Crippen LogP contribution in [0.3, 0.4) is 0 Å². The predicted molar refractivity (Wildman–Crippen MR) is 83.1 cm³/mol. The van der Waals surface area contributed by atoms with Crippen LogP contribution in [0.2, 0.25) is 0 Å². The molecule has 0 spiro atoms. The van der Waals surface area contributed by atoms with Crippen LogP contribution < -0.4 is 10.6 Å². The molecule has 3 N–H and O–H groups in total. The van der Waals surface area contributed by atoms with Gasteiger partial charge in [0.1, 0.15) is 0 Å². The number of hydrogen-bond donors (Lipinski definition) is 3. The molecule has 1 saturated heterocycles. The summed E-state index contributed by atoms with van der Waals surface area (Å²) in [6, 6.07) is 10.8. The van der Waals surface area contributed by atoms with E-state index in [2.05, 4.69) is 10.6 Å². The van der Waals surface area contributed by atoms with E-state index in [1.807, 2.05) is 30.3 Å². The van der Waals surface area contributed by atoms with Gasteiger partial charge in [-0.2, -0.15) is 0 Å². The number of rotatable bonds is 5. The fourth-order valence-corrected chi connectivity index (χ4v) is 3.64. The first kappa shape index (κ1) is 15.0. The molecule has 4 nitrogen and oxygen atoms in total. The Labute approximate surface area is 126 Å². The number of aliphatic hydroxyl groups is 1. The maximum absolute atomic E-state index is 10.3. The van der Waals surface area contributed by atoms with Crippen LogP contribution in [0.5, 0.6) is 0 Å². The molecule has 116 valence electrons. The van der Waals surface area contributed by atoms with E-state index in [-0.39, 0.29) is 0 Å². The van der Waals surface area contributed by atoms with Gasteiger partial charge in [0.15, 0.2) is 0 Å². The predicted octanol–water partition coefficient (Wildman–Crippen LogP) is 1.47. The number of benzene rings is 1. The van der Waals surface area contributed by atoms with E-state index in [0.717, 1.165) is 25.3 Å². The third-order valence-corrected chi connectivity index (χ3v) is 4.79. The monoisotopic (exact) mass is 290 g/mol. The summed E-state index contributed by atoms with van der Waals surface area (Å²) in [4.78, 5) is 0. The first-order valence-corrected chi connectivity index (χ1v) is 8.12. The van der Waals surface area contributed by atoms with Gasteiger partial charge in [0.25, 0.3) is 0 Å². The molecular weight excluding hydrogens is 264 g/mol. The summed E-state index contributed by atoms with van der Waals surface area (Å²) in [5.74, 6) is 0.619. The Hall–Kier alpha value is -0.940. The topological polar surface area (TPSA) is 53.5 Å². The summed E-state index contributed by atoms with van der Waals surface area (Å²) >= 11 is 0. The van der Waals surface area contributed by atoms with Gasteiger partial charge in [0.05, 0.1) is 19.3 Å². The molecule has 1 heterocycles. The molecule has 2 aliphatic rings. The highest BCUT2D eigenvalue weighted by Gasteiger charge is 2.34. The number of nitrogens with one attached hydrogen (secondary N) is 2. The molecular formula is C17H26N2O2. The summed E-state index contributed by atoms with van der Waals surface area (Å²) in [5.41, 5.74) is 0.985. The van der Waals surface area contributed by atoms with Crippen LogP contribution in [0.4, 0.5) is 0 Å². The van der Waals surface area contributed by atoms with E-state index < -0.39 is 6.10 Å². The molecule has 21 heavy (non-hydrogen) atoms. The quantitative estimate of drug-likeness (QED) is 0.768. The lowest BCUT2D eigenvalue weighted by Gasteiger charge is -2.33. The molecule has 1 aliphatic heterocycles. The molecule has 4 heteroatoms. The minimum Gasteiger partial charge on any atom is -0.387 e. The Morgan fingerprint density at radius 3 is 2.90 bits per heavy atom. The summed E-state index contributed by atoms with van der Waals surface area (Å²) in [6.45, 7) is 3.23. The van der Waals surface area contributed by atoms with Crippen molar-refractivity contribution < 1.29 is 9.84 Å². The van der Waals surface area contributed by atoms with Gasteiger partial charge in [-0.25, -0.2) is 0 Å². The Bertz CT molecular complexity index is 420. The number of ether oxygens (including phenoxy) is 1. The van der Waals surface area contributed by atoms with Crippen molar-refractivity contribution >= 4 is 0 Å². The van der Waals surface area contributed by atoms with Gasteiger partial charge in [-0.15, -0.1) is 0 Å². The number of hydrogen-bond acceptors (Lipinski definition) is 4. The Morgan fingerprint density at radius 1 is 1.29 bits per heavy atom. The smallest absolute Gasteiger partial charge is 0.0914 e. The van der Waals surface area contributed by atoms with Gasteiger partial charge < -0.3 is 20.5 Å². The lowest BCUT2D eigenvalue weighted by atomic mass is 9.93. The number of aliphatic hydroxyl groups excluding tert-OH is 1. The number of morpholine rings is 1. The molecule has 1 aromatic carbocycles. The van der Waals surface area contributed by atoms with Crippen molar-refractivity contribution in [1.29, 1.82) is 0 Å². The Balaban J connectivity index is 1.51. The van der Waals surface area contributed by atoms with Crippen molar-refractivity contribution in [3.63, 3.8) is 0 Å². The van der Waals surface area contributed by atoms with Crippen molar-refractivity contribution in [3.8, 4) is 0 Å². The molecule has 2 fully saturated rings. The molecule has 0 aromatic heterocycles. The second-order valence-electron chi connectivity index (χ2n) is 6.17. The standard InChI is InChI=1S/C17H26N2O2/c20-17(13-5-2-1-3-6-13)11-19-15-8-4-7-14(15)16-12-21-10-9-18-16/h1-3,5-6,14-20H,4,7-12H2. The molecule has 1 aromatic rings. The highest BCUT2D eigenvalue weighted by atomic mass is 16.5. The highest BCUT2D eigenvalue weighted by Crippen LogP contribution is 2.29. The van der Waals surface area contributed by atoms with Crippen molar-refractivity contribution in [2.24, 2.45) is 5.92 Å². The SMILES string of the molecule is OC(CNC1CCCC1C1COCCN1)c1ccccc1. The normalized spacial score (nSPS) is 31.2. The van der Waals surface area contributed by atoms with Crippen LogP contribution >= 0.6 is 0 Å². The Morgan fingerprint density at radius 2 is 2.14 bits per heavy atom. The molecule has 1 aliphatic carbocycles. The van der Waals surface area contributed by atoms with Crippen LogP contribution in [-0.4, -0.2) is 43.5 Å². The highest BCUT2D eigenvalue weighted by molar-refractivity contribution is 5.17. The summed E-state index contributed by atoms with van der Waals surface area (Å²) in [5, 5.41) is 17.4. The average Bonchev–Trinajstić information content (AvgIpc) is 3.03. The van der Waals surface area contributed by atoms with Crippen molar-refractivity contribution in [2.45, 2.75) is 37.5 Å². The van der Waals surface area contributed by atoms with E-state index in [4.69, 9.17) is 4.74 Å². The van der Waals surface area contributed by atoms with Crippen LogP contribution in [0.1, 0.15) is 30.9 Å². The van der Waals surface area contributed by atoms with Gasteiger partial charge in [0, 0.05) is 25.2 Å². The zero-order valence-corrected chi connectivity index (χ0v) is 12.5. The molecule has 3 rings (SSSR count). The van der Waals surface area contributed by atoms with Crippen LogP contribution in [0.25, 0.3) is 0 Å². The van der Waals surface area contributed by atoms with Gasteiger partial charge in [-0.1, -0.05) is 36.8 Å². The van der Waals surface area contributed by atoms with Crippen LogP contribution in [0, 0.1) is 5.92 Å². The molecule has 0 amide bonds. The minimum absolute atomic E-state index is 0.428. The van der Waals surface area contributed by atoms with Crippen LogP contribution in [0.15, 0.2) is 30.3 Å². The summed E-state index contributed by atoms with van der Waals surface area (Å²) < 4.78 is 5.60. The molecule has 1 saturated carbocycles. The Kier molecular flexibility index (Phi) is 5.25. The van der Waals surface area contributed by atoms with E-state index >= 15 is 0 Å². The van der Waals surface area contributed by atoms with Gasteiger partial charge in [-0.3, -0.25) is 0 Å². The van der Waals surface area contributed by atoms with Crippen molar-refractivity contribution in [2.75, 3.05) is 26.3 Å². The molecule has 4 atom stereocenters. The van der Waals surface area contributed by atoms with Crippen molar-refractivity contribution in [3.05, 3.63) is 35.9 Å². The molecule has 4 unspecified atom stereocenters. The first-order valence-electron chi connectivity index (χ1n) is 8.12. The second-order valence-corrected chi connectivity index (χ2v) is 6.17. The maximum atomic E-state index is 10.3. The molecule has 0 radical (unpaired) electrons. The third-order valence-electron chi connectivity index (χ3n) is 4.79. The second kappa shape index (κ2) is 7.36. The lowest BCUT2D eigenvalue weighted by Crippen LogP contribution is -2.51. The average molecular weight is 290 g/mol. The zero-order valence-electron chi connectivity index (χ0n) is 12.5. The van der Waals surface area contributed by atoms with Crippen molar-refractivity contribution in [1.82, 2.24) is 10.6 Å². The molecule has 0 bridgehead atoms. The first-order chi connectivity index (χ1) is 10.3. The lowest BCUT2D eigenvalue weighted by molar-refractivity contribution is 0.0513. The fourth-order valence-electron chi connectivity index (χ4n) is 3.64. The summed E-state index contributed by atoms with van der Waals surface area (Å²) in [6.07, 6.45) is 3.29. The van der Waals surface area contributed by atoms with E-state index in [1.165, 1.54) is 19.3 Å². The van der Waals surface area contributed by atoms with Gasteiger partial charge in [-0.05, 0) is 24.3 Å². The fraction of sp³-hybridized carbons (Fsp3) is 0.647. The van der Waals surface area contributed by atoms with Gasteiger partial charge in [0.2, 0.25) is 0 Å². The van der Waals surface area contributed by atoms with E-state index in [0.29, 0.717) is 24.5 Å².